The van der Waals surface area contributed by atoms with Gasteiger partial charge >= 0.3 is 0 Å². The Hall–Kier alpha value is -1.07. The summed E-state index contributed by atoms with van der Waals surface area (Å²) < 4.78 is 12.1. The van der Waals surface area contributed by atoms with Crippen LogP contribution < -0.4 is 0 Å². The van der Waals surface area contributed by atoms with Crippen LogP contribution in [0.15, 0.2) is 22.7 Å². The van der Waals surface area contributed by atoms with Gasteiger partial charge in [-0.3, -0.25) is 0 Å². The second-order valence-electron chi connectivity index (χ2n) is 8.85. The number of ether oxygens (including phenoxy) is 1. The van der Waals surface area contributed by atoms with Crippen LogP contribution in [0.4, 0.5) is 0 Å². The first-order valence-corrected chi connectivity index (χ1v) is 11.0. The number of aromatic nitrogens is 1. The molecule has 4 nitrogen and oxygen atoms in total. The Kier molecular flexibility index (Phi) is 4.74. The van der Waals surface area contributed by atoms with E-state index in [2.05, 4.69) is 5.16 Å². The van der Waals surface area contributed by atoms with Crippen LogP contribution in [0.2, 0.25) is 10.0 Å². The van der Waals surface area contributed by atoms with Crippen LogP contribution in [0.5, 0.6) is 0 Å². The smallest absolute Gasteiger partial charge is 0.145 e. The third-order valence-electron chi connectivity index (χ3n) is 7.04. The lowest BCUT2D eigenvalue weighted by Gasteiger charge is -2.40. The number of fused-ring (bicyclic) bond motifs is 2. The van der Waals surface area contributed by atoms with Crippen LogP contribution in [-0.2, 0) is 11.3 Å². The van der Waals surface area contributed by atoms with Crippen molar-refractivity contribution in [3.8, 4) is 11.3 Å². The molecular formula is C22H25Cl2NO3. The van der Waals surface area contributed by atoms with Crippen molar-refractivity contribution in [3.63, 3.8) is 0 Å². The molecule has 1 aromatic heterocycles. The first-order valence-electron chi connectivity index (χ1n) is 10.2. The van der Waals surface area contributed by atoms with E-state index in [1.54, 1.807) is 0 Å². The molecule has 3 aliphatic carbocycles. The Morgan fingerprint density at radius 1 is 1.14 bits per heavy atom. The van der Waals surface area contributed by atoms with Gasteiger partial charge in [-0.1, -0.05) is 34.4 Å². The number of halogens is 2. The Bertz CT molecular complexity index is 854. The van der Waals surface area contributed by atoms with Gasteiger partial charge in [0.2, 0.25) is 0 Å². The van der Waals surface area contributed by atoms with Gasteiger partial charge in [-0.05, 0) is 69.4 Å². The lowest BCUT2D eigenvalue weighted by Crippen LogP contribution is -2.44. The molecule has 150 valence electrons. The van der Waals surface area contributed by atoms with Crippen LogP contribution >= 0.6 is 23.2 Å². The first-order chi connectivity index (χ1) is 13.4. The fraction of sp³-hybridized carbons (Fsp3) is 0.591. The molecule has 2 aromatic rings. The number of hydrogen-bond donors (Lipinski definition) is 1. The molecule has 6 heteroatoms. The van der Waals surface area contributed by atoms with Crippen LogP contribution in [0.3, 0.4) is 0 Å². The minimum atomic E-state index is -0.535. The molecule has 1 heterocycles. The SMILES string of the molecule is CC1(O)C2CCC1CC(OCc1c(-c3c(Cl)cccc3Cl)noc1C1CC1)C2. The van der Waals surface area contributed by atoms with Crippen molar-refractivity contribution < 1.29 is 14.4 Å². The highest BCUT2D eigenvalue weighted by Crippen LogP contribution is 2.51. The molecule has 0 aliphatic heterocycles. The predicted molar refractivity (Wildman–Crippen MR) is 109 cm³/mol. The number of hydrogen-bond acceptors (Lipinski definition) is 4. The van der Waals surface area contributed by atoms with Crippen molar-refractivity contribution in [2.45, 2.75) is 69.7 Å². The van der Waals surface area contributed by atoms with Crippen molar-refractivity contribution in [2.24, 2.45) is 11.8 Å². The Morgan fingerprint density at radius 3 is 2.39 bits per heavy atom. The van der Waals surface area contributed by atoms with Crippen molar-refractivity contribution in [2.75, 3.05) is 0 Å². The number of rotatable bonds is 5. The standard InChI is InChI=1S/C22H25Cl2NO3/c1-22(26)13-7-8-14(22)10-15(9-13)27-11-16-20(25-28-21(16)12-5-6-12)19-17(23)3-2-4-18(19)24/h2-4,12-15,26H,5-11H2,1H3. The number of benzene rings is 1. The average molecular weight is 422 g/mol. The highest BCUT2D eigenvalue weighted by molar-refractivity contribution is 6.39. The van der Waals surface area contributed by atoms with E-state index in [4.69, 9.17) is 32.5 Å². The van der Waals surface area contributed by atoms with E-state index < -0.39 is 5.60 Å². The molecule has 2 bridgehead atoms. The predicted octanol–water partition coefficient (Wildman–Crippen LogP) is 5.98. The zero-order valence-corrected chi connectivity index (χ0v) is 17.5. The van der Waals surface area contributed by atoms with Crippen molar-refractivity contribution in [1.82, 2.24) is 5.16 Å². The van der Waals surface area contributed by atoms with Gasteiger partial charge < -0.3 is 14.4 Å². The molecular weight excluding hydrogens is 397 g/mol. The van der Waals surface area contributed by atoms with Crippen molar-refractivity contribution in [3.05, 3.63) is 39.6 Å². The monoisotopic (exact) mass is 421 g/mol. The van der Waals surface area contributed by atoms with E-state index in [-0.39, 0.29) is 6.10 Å². The second kappa shape index (κ2) is 7.02. The summed E-state index contributed by atoms with van der Waals surface area (Å²) in [7, 11) is 0. The maximum absolute atomic E-state index is 10.7. The van der Waals surface area contributed by atoms with E-state index in [1.165, 1.54) is 0 Å². The Balaban J connectivity index is 1.40. The van der Waals surface area contributed by atoms with Crippen LogP contribution in [0.1, 0.15) is 62.7 Å². The van der Waals surface area contributed by atoms with E-state index in [0.29, 0.717) is 45.7 Å². The third kappa shape index (κ3) is 3.19. The topological polar surface area (TPSA) is 55.5 Å². The van der Waals surface area contributed by atoms with Crippen LogP contribution in [0, 0.1) is 11.8 Å². The zero-order chi connectivity index (χ0) is 19.5. The molecule has 3 saturated carbocycles. The van der Waals surface area contributed by atoms with Gasteiger partial charge in [-0.15, -0.1) is 0 Å². The summed E-state index contributed by atoms with van der Waals surface area (Å²) in [6.45, 7) is 2.44. The largest absolute Gasteiger partial charge is 0.390 e. The van der Waals surface area contributed by atoms with Gasteiger partial charge in [0, 0.05) is 17.0 Å². The van der Waals surface area contributed by atoms with Gasteiger partial charge in [0.15, 0.2) is 0 Å². The maximum atomic E-state index is 10.7. The molecule has 1 aromatic carbocycles. The summed E-state index contributed by atoms with van der Waals surface area (Å²) in [4.78, 5) is 0. The summed E-state index contributed by atoms with van der Waals surface area (Å²) >= 11 is 12.9. The van der Waals surface area contributed by atoms with Gasteiger partial charge in [-0.25, -0.2) is 0 Å². The summed E-state index contributed by atoms with van der Waals surface area (Å²) in [5.41, 5.74) is 1.85. The van der Waals surface area contributed by atoms with E-state index in [0.717, 1.165) is 49.8 Å². The van der Waals surface area contributed by atoms with Gasteiger partial charge in [0.25, 0.3) is 0 Å². The Labute approximate surface area is 175 Å². The molecule has 3 fully saturated rings. The molecule has 28 heavy (non-hydrogen) atoms. The number of aliphatic hydroxyl groups is 1. The lowest BCUT2D eigenvalue weighted by atomic mass is 9.74. The van der Waals surface area contributed by atoms with E-state index in [1.807, 2.05) is 25.1 Å². The number of nitrogens with zero attached hydrogens (tertiary/aromatic N) is 1. The fourth-order valence-electron chi connectivity index (χ4n) is 5.15. The van der Waals surface area contributed by atoms with E-state index >= 15 is 0 Å². The molecule has 5 rings (SSSR count). The minimum absolute atomic E-state index is 0.161. The van der Waals surface area contributed by atoms with Gasteiger partial charge in [0.1, 0.15) is 11.5 Å². The summed E-state index contributed by atoms with van der Waals surface area (Å²) in [5, 5.41) is 16.2. The molecule has 0 spiro atoms. The summed E-state index contributed by atoms with van der Waals surface area (Å²) in [6.07, 6.45) is 6.42. The van der Waals surface area contributed by atoms with Gasteiger partial charge in [-0.2, -0.15) is 0 Å². The first kappa shape index (κ1) is 18.9. The average Bonchev–Trinajstić information content (AvgIpc) is 3.40. The fourth-order valence-corrected chi connectivity index (χ4v) is 5.73. The van der Waals surface area contributed by atoms with Crippen LogP contribution in [-0.4, -0.2) is 22.0 Å². The minimum Gasteiger partial charge on any atom is -0.390 e. The van der Waals surface area contributed by atoms with Crippen LogP contribution in [0.25, 0.3) is 11.3 Å². The third-order valence-corrected chi connectivity index (χ3v) is 7.67. The second-order valence-corrected chi connectivity index (χ2v) is 9.66. The van der Waals surface area contributed by atoms with E-state index in [9.17, 15) is 5.11 Å². The maximum Gasteiger partial charge on any atom is 0.145 e. The molecule has 0 amide bonds. The Morgan fingerprint density at radius 2 is 1.79 bits per heavy atom. The van der Waals surface area contributed by atoms with Crippen molar-refractivity contribution >= 4 is 23.2 Å². The molecule has 0 radical (unpaired) electrons. The highest BCUT2D eigenvalue weighted by Gasteiger charge is 2.50. The van der Waals surface area contributed by atoms with Gasteiger partial charge in [0.05, 0.1) is 28.4 Å². The highest BCUT2D eigenvalue weighted by atomic mass is 35.5. The normalized spacial score (nSPS) is 32.1. The summed E-state index contributed by atoms with van der Waals surface area (Å²) in [6, 6.07) is 5.47. The summed E-state index contributed by atoms with van der Waals surface area (Å²) in [5.74, 6) is 2.00. The molecule has 0 saturated heterocycles. The molecule has 3 aliphatic rings. The molecule has 2 atom stereocenters. The zero-order valence-electron chi connectivity index (χ0n) is 16.0. The van der Waals surface area contributed by atoms with Crippen molar-refractivity contribution in [1.29, 1.82) is 0 Å². The molecule has 1 N–H and O–H groups in total. The quantitative estimate of drug-likeness (QED) is 0.644. The lowest BCUT2D eigenvalue weighted by molar-refractivity contribution is -0.0996. The molecule has 2 unspecified atom stereocenters.